The van der Waals surface area contributed by atoms with Crippen LogP contribution in [0.25, 0.3) is 0 Å². The molecule has 2 N–H and O–H groups in total. The molecule has 1 aromatic rings. The molecular weight excluding hydrogens is 232 g/mol. The molecule has 0 aromatic heterocycles. The maximum absolute atomic E-state index is 11.3. The van der Waals surface area contributed by atoms with Crippen molar-refractivity contribution in [1.29, 1.82) is 0 Å². The van der Waals surface area contributed by atoms with E-state index in [9.17, 15) is 9.90 Å². The number of hydrogen-bond donors (Lipinski definition) is 2. The van der Waals surface area contributed by atoms with Crippen molar-refractivity contribution in [2.24, 2.45) is 5.10 Å². The van der Waals surface area contributed by atoms with Crippen molar-refractivity contribution in [3.8, 4) is 11.5 Å². The van der Waals surface area contributed by atoms with Crippen LogP contribution in [0.5, 0.6) is 11.5 Å². The van der Waals surface area contributed by atoms with Crippen LogP contribution in [0.4, 0.5) is 0 Å². The fourth-order valence-corrected chi connectivity index (χ4v) is 1.36. The van der Waals surface area contributed by atoms with Crippen molar-refractivity contribution in [2.75, 3.05) is 7.11 Å². The molecule has 5 heteroatoms. The van der Waals surface area contributed by atoms with E-state index in [0.717, 1.165) is 12.8 Å². The summed E-state index contributed by atoms with van der Waals surface area (Å²) in [7, 11) is 1.48. The zero-order valence-electron chi connectivity index (χ0n) is 10.6. The summed E-state index contributed by atoms with van der Waals surface area (Å²) in [5, 5.41) is 13.4. The predicted molar refractivity (Wildman–Crippen MR) is 69.9 cm³/mol. The van der Waals surface area contributed by atoms with Gasteiger partial charge in [0.1, 0.15) is 0 Å². The third-order valence-electron chi connectivity index (χ3n) is 2.36. The summed E-state index contributed by atoms with van der Waals surface area (Å²) in [5.41, 5.74) is 3.12. The molecule has 0 aliphatic carbocycles. The molecule has 0 spiro atoms. The Balaban J connectivity index is 2.52. The average Bonchev–Trinajstić information content (AvgIpc) is 2.36. The molecule has 1 amide bonds. The van der Waals surface area contributed by atoms with E-state index in [1.807, 2.05) is 6.92 Å². The Hall–Kier alpha value is -2.04. The van der Waals surface area contributed by atoms with Gasteiger partial charge >= 0.3 is 0 Å². The number of rotatable bonds is 6. The Morgan fingerprint density at radius 1 is 1.56 bits per heavy atom. The number of methoxy groups -OCH3 is 1. The fourth-order valence-electron chi connectivity index (χ4n) is 1.36. The van der Waals surface area contributed by atoms with Gasteiger partial charge in [0.15, 0.2) is 11.5 Å². The third kappa shape index (κ3) is 4.45. The highest BCUT2D eigenvalue weighted by Crippen LogP contribution is 2.25. The maximum Gasteiger partial charge on any atom is 0.240 e. The van der Waals surface area contributed by atoms with Gasteiger partial charge < -0.3 is 9.84 Å². The second kappa shape index (κ2) is 7.32. The van der Waals surface area contributed by atoms with Crippen molar-refractivity contribution >= 4 is 12.1 Å². The minimum atomic E-state index is -0.106. The number of phenols is 1. The summed E-state index contributed by atoms with van der Waals surface area (Å²) in [6.07, 6.45) is 3.78. The van der Waals surface area contributed by atoms with E-state index in [2.05, 4.69) is 10.5 Å². The molecule has 1 rings (SSSR count). The Bertz CT molecular complexity index is 430. The molecule has 0 unspecified atom stereocenters. The molecule has 0 aliphatic rings. The smallest absolute Gasteiger partial charge is 0.240 e. The Kier molecular flexibility index (Phi) is 5.70. The highest BCUT2D eigenvalue weighted by molar-refractivity contribution is 5.83. The zero-order valence-corrected chi connectivity index (χ0v) is 10.6. The minimum absolute atomic E-state index is 0.0405. The molecule has 0 saturated heterocycles. The topological polar surface area (TPSA) is 70.9 Å². The lowest BCUT2D eigenvalue weighted by molar-refractivity contribution is -0.121. The molecule has 0 heterocycles. The number of ether oxygens (including phenoxy) is 1. The normalized spacial score (nSPS) is 10.6. The predicted octanol–water partition coefficient (Wildman–Crippen LogP) is 2.04. The summed E-state index contributed by atoms with van der Waals surface area (Å²) in [4.78, 5) is 11.3. The lowest BCUT2D eigenvalue weighted by atomic mass is 10.2. The SMILES string of the molecule is CCCCC(=O)N/N=C\c1ccc(OC)c(O)c1. The highest BCUT2D eigenvalue weighted by atomic mass is 16.5. The number of carbonyl (C=O) groups is 1. The molecule has 0 saturated carbocycles. The van der Waals surface area contributed by atoms with Gasteiger partial charge in [-0.2, -0.15) is 5.10 Å². The van der Waals surface area contributed by atoms with Crippen LogP contribution in [0.1, 0.15) is 31.7 Å². The van der Waals surface area contributed by atoms with E-state index in [1.165, 1.54) is 19.4 Å². The van der Waals surface area contributed by atoms with Crippen molar-refractivity contribution in [3.05, 3.63) is 23.8 Å². The summed E-state index contributed by atoms with van der Waals surface area (Å²) < 4.78 is 4.92. The second-order valence-electron chi connectivity index (χ2n) is 3.83. The quantitative estimate of drug-likeness (QED) is 0.599. The largest absolute Gasteiger partial charge is 0.504 e. The molecule has 0 radical (unpaired) electrons. The monoisotopic (exact) mass is 250 g/mol. The van der Waals surface area contributed by atoms with E-state index in [0.29, 0.717) is 17.7 Å². The number of nitrogens with one attached hydrogen (secondary N) is 1. The fraction of sp³-hybridized carbons (Fsp3) is 0.385. The van der Waals surface area contributed by atoms with Crippen molar-refractivity contribution in [3.63, 3.8) is 0 Å². The first kappa shape index (κ1) is 14.0. The molecule has 0 bridgehead atoms. The van der Waals surface area contributed by atoms with Crippen LogP contribution in [0.3, 0.4) is 0 Å². The van der Waals surface area contributed by atoms with E-state index in [-0.39, 0.29) is 11.7 Å². The van der Waals surface area contributed by atoms with Gasteiger partial charge in [0.25, 0.3) is 0 Å². The zero-order chi connectivity index (χ0) is 13.4. The Morgan fingerprint density at radius 2 is 2.33 bits per heavy atom. The number of unbranched alkanes of at least 4 members (excludes halogenated alkanes) is 1. The highest BCUT2D eigenvalue weighted by Gasteiger charge is 2.01. The van der Waals surface area contributed by atoms with Crippen LogP contribution in [-0.4, -0.2) is 24.3 Å². The summed E-state index contributed by atoms with van der Waals surface area (Å²) in [6.45, 7) is 2.02. The first-order valence-corrected chi connectivity index (χ1v) is 5.86. The Labute approximate surface area is 106 Å². The molecule has 18 heavy (non-hydrogen) atoms. The number of nitrogens with zero attached hydrogens (tertiary/aromatic N) is 1. The summed E-state index contributed by atoms with van der Waals surface area (Å²) >= 11 is 0. The average molecular weight is 250 g/mol. The molecule has 5 nitrogen and oxygen atoms in total. The lowest BCUT2D eigenvalue weighted by Gasteiger charge is -2.03. The van der Waals surface area contributed by atoms with Crippen LogP contribution in [-0.2, 0) is 4.79 Å². The number of carbonyl (C=O) groups excluding carboxylic acids is 1. The van der Waals surface area contributed by atoms with Gasteiger partial charge in [-0.05, 0) is 30.2 Å². The van der Waals surface area contributed by atoms with Crippen molar-refractivity contribution in [1.82, 2.24) is 5.43 Å². The number of hydrogen-bond acceptors (Lipinski definition) is 4. The van der Waals surface area contributed by atoms with Crippen LogP contribution in [0.15, 0.2) is 23.3 Å². The molecule has 0 atom stereocenters. The minimum Gasteiger partial charge on any atom is -0.504 e. The van der Waals surface area contributed by atoms with Crippen LogP contribution in [0.2, 0.25) is 0 Å². The lowest BCUT2D eigenvalue weighted by Crippen LogP contribution is -2.16. The van der Waals surface area contributed by atoms with E-state index in [4.69, 9.17) is 4.74 Å². The van der Waals surface area contributed by atoms with Gasteiger partial charge in [-0.25, -0.2) is 5.43 Å². The van der Waals surface area contributed by atoms with Gasteiger partial charge in [0, 0.05) is 6.42 Å². The first-order chi connectivity index (χ1) is 8.67. The Morgan fingerprint density at radius 3 is 2.94 bits per heavy atom. The second-order valence-corrected chi connectivity index (χ2v) is 3.83. The van der Waals surface area contributed by atoms with Gasteiger partial charge in [-0.1, -0.05) is 13.3 Å². The molecule has 98 valence electrons. The first-order valence-electron chi connectivity index (χ1n) is 5.86. The van der Waals surface area contributed by atoms with Gasteiger partial charge in [0.2, 0.25) is 5.91 Å². The standard InChI is InChI=1S/C13H18N2O3/c1-3-4-5-13(17)15-14-9-10-6-7-12(18-2)11(16)8-10/h6-9,16H,3-5H2,1-2H3,(H,15,17)/b14-9-. The van der Waals surface area contributed by atoms with Crippen molar-refractivity contribution < 1.29 is 14.6 Å². The summed E-state index contributed by atoms with van der Waals surface area (Å²) in [6, 6.07) is 4.89. The molecule has 0 fully saturated rings. The van der Waals surface area contributed by atoms with Crippen LogP contribution < -0.4 is 10.2 Å². The van der Waals surface area contributed by atoms with Gasteiger partial charge in [-0.3, -0.25) is 4.79 Å². The molecule has 0 aliphatic heterocycles. The van der Waals surface area contributed by atoms with Crippen LogP contribution >= 0.6 is 0 Å². The number of aromatic hydroxyl groups is 1. The van der Waals surface area contributed by atoms with Crippen LogP contribution in [0, 0.1) is 0 Å². The van der Waals surface area contributed by atoms with E-state index in [1.54, 1.807) is 12.1 Å². The molecular formula is C13H18N2O3. The van der Waals surface area contributed by atoms with Gasteiger partial charge in [-0.15, -0.1) is 0 Å². The number of hydrazone groups is 1. The molecule has 1 aromatic carbocycles. The third-order valence-corrected chi connectivity index (χ3v) is 2.36. The van der Waals surface area contributed by atoms with E-state index >= 15 is 0 Å². The number of phenolic OH excluding ortho intramolecular Hbond substituents is 1. The number of amides is 1. The summed E-state index contributed by atoms with van der Waals surface area (Å²) in [5.74, 6) is 0.337. The maximum atomic E-state index is 11.3. The van der Waals surface area contributed by atoms with E-state index < -0.39 is 0 Å². The van der Waals surface area contributed by atoms with Crippen molar-refractivity contribution in [2.45, 2.75) is 26.2 Å². The van der Waals surface area contributed by atoms with Gasteiger partial charge in [0.05, 0.1) is 13.3 Å². The number of benzene rings is 1.